The Kier molecular flexibility index (Phi) is 5.48. The summed E-state index contributed by atoms with van der Waals surface area (Å²) in [7, 11) is 0. The van der Waals surface area contributed by atoms with Crippen molar-refractivity contribution in [3.63, 3.8) is 0 Å². The summed E-state index contributed by atoms with van der Waals surface area (Å²) in [6.45, 7) is 2.16. The highest BCUT2D eigenvalue weighted by Gasteiger charge is 2.38. The van der Waals surface area contributed by atoms with Crippen LogP contribution in [0.3, 0.4) is 0 Å². The van der Waals surface area contributed by atoms with Crippen LogP contribution in [0, 0.1) is 0 Å². The van der Waals surface area contributed by atoms with Gasteiger partial charge in [-0.3, -0.25) is 4.79 Å². The number of carbonyl (C=O) groups excluding carboxylic acids is 1. The third-order valence-electron chi connectivity index (χ3n) is 4.06. The van der Waals surface area contributed by atoms with Crippen molar-refractivity contribution in [2.75, 3.05) is 0 Å². The fraction of sp³-hybridized carbons (Fsp3) is 0.471. The van der Waals surface area contributed by atoms with Gasteiger partial charge in [-0.15, -0.1) is 0 Å². The van der Waals surface area contributed by atoms with E-state index >= 15 is 0 Å². The van der Waals surface area contributed by atoms with E-state index in [4.69, 9.17) is 23.2 Å². The zero-order chi connectivity index (χ0) is 15.5. The average Bonchev–Trinajstić information content (AvgIpc) is 2.49. The van der Waals surface area contributed by atoms with Gasteiger partial charge in [0.25, 0.3) is 0 Å². The molecule has 1 unspecified atom stereocenters. The molecule has 1 aliphatic rings. The molecule has 0 spiro atoms. The molecule has 0 fully saturated rings. The number of rotatable bonds is 5. The number of carbonyl (C=O) groups is 1. The number of Topliss-reactive ketones (excluding diaryl/α,β-unsaturated/α-hetero) is 1. The van der Waals surface area contributed by atoms with Gasteiger partial charge in [-0.1, -0.05) is 54.3 Å². The monoisotopic (exact) mass is 326 g/mol. The highest BCUT2D eigenvalue weighted by atomic mass is 35.5. The molecule has 0 bridgehead atoms. The van der Waals surface area contributed by atoms with Crippen molar-refractivity contribution in [1.82, 2.24) is 0 Å². The third-order valence-corrected chi connectivity index (χ3v) is 4.88. The first-order chi connectivity index (χ1) is 9.98. The fourth-order valence-electron chi connectivity index (χ4n) is 2.65. The van der Waals surface area contributed by atoms with Crippen LogP contribution in [0.2, 0.25) is 10.0 Å². The van der Waals surface area contributed by atoms with Gasteiger partial charge in [0.2, 0.25) is 0 Å². The van der Waals surface area contributed by atoms with E-state index < -0.39 is 5.60 Å². The second-order valence-electron chi connectivity index (χ2n) is 5.63. The molecule has 2 nitrogen and oxygen atoms in total. The number of aliphatic hydroxyl groups is 1. The van der Waals surface area contributed by atoms with Gasteiger partial charge >= 0.3 is 0 Å². The van der Waals surface area contributed by atoms with E-state index in [9.17, 15) is 9.90 Å². The molecule has 1 aromatic carbocycles. The van der Waals surface area contributed by atoms with Crippen molar-refractivity contribution in [3.05, 3.63) is 45.5 Å². The minimum absolute atomic E-state index is 0.221. The van der Waals surface area contributed by atoms with Gasteiger partial charge in [0.15, 0.2) is 5.78 Å². The number of halogens is 2. The lowest BCUT2D eigenvalue weighted by Crippen LogP contribution is -2.40. The fourth-order valence-corrected chi connectivity index (χ4v) is 3.04. The van der Waals surface area contributed by atoms with E-state index in [2.05, 4.69) is 6.92 Å². The molecular weight excluding hydrogens is 307 g/mol. The first-order valence-corrected chi connectivity index (χ1v) is 8.12. The molecule has 0 heterocycles. The SMILES string of the molecule is CCCCC1=CCC(O)(C(=O)c2cccc(Cl)c2Cl)CC1. The van der Waals surface area contributed by atoms with E-state index in [-0.39, 0.29) is 10.8 Å². The third kappa shape index (κ3) is 3.68. The number of ketones is 1. The van der Waals surface area contributed by atoms with Crippen LogP contribution in [-0.4, -0.2) is 16.5 Å². The van der Waals surface area contributed by atoms with Crippen LogP contribution in [-0.2, 0) is 0 Å². The van der Waals surface area contributed by atoms with E-state index in [0.717, 1.165) is 25.7 Å². The van der Waals surface area contributed by atoms with Crippen molar-refractivity contribution < 1.29 is 9.90 Å². The Bertz CT molecular complexity index is 566. The standard InChI is InChI=1S/C17H20Cl2O2/c1-2-3-5-12-8-10-17(21,11-9-12)16(20)13-6-4-7-14(18)15(13)19/h4,6-8,21H,2-3,5,9-11H2,1H3. The van der Waals surface area contributed by atoms with Crippen LogP contribution in [0.4, 0.5) is 0 Å². The smallest absolute Gasteiger partial charge is 0.196 e. The summed E-state index contributed by atoms with van der Waals surface area (Å²) < 4.78 is 0. The molecule has 0 aliphatic heterocycles. The molecule has 0 radical (unpaired) electrons. The van der Waals surface area contributed by atoms with Gasteiger partial charge in [-0.25, -0.2) is 0 Å². The second-order valence-corrected chi connectivity index (χ2v) is 6.42. The van der Waals surface area contributed by atoms with Crippen LogP contribution >= 0.6 is 23.2 Å². The Morgan fingerprint density at radius 2 is 2.14 bits per heavy atom. The van der Waals surface area contributed by atoms with Gasteiger partial charge < -0.3 is 5.11 Å². The van der Waals surface area contributed by atoms with E-state index in [1.807, 2.05) is 6.08 Å². The van der Waals surface area contributed by atoms with Crippen molar-refractivity contribution in [2.45, 2.75) is 51.0 Å². The molecule has 0 aromatic heterocycles. The van der Waals surface area contributed by atoms with Crippen molar-refractivity contribution in [3.8, 4) is 0 Å². The molecule has 0 saturated heterocycles. The first-order valence-electron chi connectivity index (χ1n) is 7.37. The maximum atomic E-state index is 12.6. The number of unbranched alkanes of at least 4 members (excludes halogenated alkanes) is 1. The van der Waals surface area contributed by atoms with Crippen LogP contribution in [0.1, 0.15) is 55.8 Å². The summed E-state index contributed by atoms with van der Waals surface area (Å²) in [5.74, 6) is -0.333. The Balaban J connectivity index is 2.16. The largest absolute Gasteiger partial charge is 0.381 e. The predicted octanol–water partition coefficient (Wildman–Crippen LogP) is 5.21. The van der Waals surface area contributed by atoms with E-state index in [1.165, 1.54) is 5.57 Å². The topological polar surface area (TPSA) is 37.3 Å². The van der Waals surface area contributed by atoms with Crippen LogP contribution in [0.15, 0.2) is 29.8 Å². The number of hydrogen-bond acceptors (Lipinski definition) is 2. The zero-order valence-corrected chi connectivity index (χ0v) is 13.7. The quantitative estimate of drug-likeness (QED) is 0.595. The predicted molar refractivity (Wildman–Crippen MR) is 87.2 cm³/mol. The van der Waals surface area contributed by atoms with Crippen molar-refractivity contribution >= 4 is 29.0 Å². The molecule has 1 atom stereocenters. The second kappa shape index (κ2) is 6.95. The molecule has 21 heavy (non-hydrogen) atoms. The number of allylic oxidation sites excluding steroid dienone is 1. The average molecular weight is 327 g/mol. The summed E-state index contributed by atoms with van der Waals surface area (Å²) in [6.07, 6.45) is 6.93. The molecule has 2 rings (SSSR count). The highest BCUT2D eigenvalue weighted by Crippen LogP contribution is 2.35. The Morgan fingerprint density at radius 3 is 2.76 bits per heavy atom. The van der Waals surface area contributed by atoms with Crippen LogP contribution in [0.5, 0.6) is 0 Å². The summed E-state index contributed by atoms with van der Waals surface area (Å²) in [5.41, 5.74) is 0.285. The lowest BCUT2D eigenvalue weighted by Gasteiger charge is -2.30. The maximum Gasteiger partial charge on any atom is 0.196 e. The maximum absolute atomic E-state index is 12.6. The molecule has 1 N–H and O–H groups in total. The molecular formula is C17H20Cl2O2. The normalized spacial score (nSPS) is 22.0. The summed E-state index contributed by atoms with van der Waals surface area (Å²) in [5, 5.41) is 11.2. The highest BCUT2D eigenvalue weighted by molar-refractivity contribution is 6.44. The number of benzene rings is 1. The lowest BCUT2D eigenvalue weighted by molar-refractivity contribution is 0.0263. The van der Waals surface area contributed by atoms with Crippen molar-refractivity contribution in [1.29, 1.82) is 0 Å². The minimum atomic E-state index is -1.36. The summed E-state index contributed by atoms with van der Waals surface area (Å²) >= 11 is 12.0. The van der Waals surface area contributed by atoms with Crippen LogP contribution < -0.4 is 0 Å². The van der Waals surface area contributed by atoms with Gasteiger partial charge in [-0.2, -0.15) is 0 Å². The summed E-state index contributed by atoms with van der Waals surface area (Å²) in [6, 6.07) is 4.93. The van der Waals surface area contributed by atoms with Crippen molar-refractivity contribution in [2.24, 2.45) is 0 Å². The minimum Gasteiger partial charge on any atom is -0.381 e. The summed E-state index contributed by atoms with van der Waals surface area (Å²) in [4.78, 5) is 12.6. The zero-order valence-electron chi connectivity index (χ0n) is 12.2. The molecule has 1 aromatic rings. The van der Waals surface area contributed by atoms with E-state index in [1.54, 1.807) is 18.2 Å². The Labute approximate surface area is 135 Å². The Morgan fingerprint density at radius 1 is 1.38 bits per heavy atom. The van der Waals surface area contributed by atoms with Crippen LogP contribution in [0.25, 0.3) is 0 Å². The lowest BCUT2D eigenvalue weighted by atomic mass is 9.79. The van der Waals surface area contributed by atoms with E-state index in [0.29, 0.717) is 23.4 Å². The van der Waals surface area contributed by atoms with Gasteiger partial charge in [-0.05, 0) is 37.8 Å². The van der Waals surface area contributed by atoms with Gasteiger partial charge in [0.1, 0.15) is 5.60 Å². The molecule has 114 valence electrons. The number of hydrogen-bond donors (Lipinski definition) is 1. The Hall–Kier alpha value is -0.830. The van der Waals surface area contributed by atoms with Gasteiger partial charge in [0.05, 0.1) is 10.0 Å². The molecule has 1 aliphatic carbocycles. The molecule has 0 amide bonds. The molecule has 4 heteroatoms. The first kappa shape index (κ1) is 16.5. The van der Waals surface area contributed by atoms with Gasteiger partial charge in [0, 0.05) is 12.0 Å². The molecule has 0 saturated carbocycles.